The van der Waals surface area contributed by atoms with Gasteiger partial charge in [0.05, 0.1) is 36.8 Å². The highest BCUT2D eigenvalue weighted by molar-refractivity contribution is 5.92. The van der Waals surface area contributed by atoms with Crippen LogP contribution in [0.3, 0.4) is 0 Å². The number of nitrogens with one attached hydrogen (secondary N) is 2. The molecule has 1 aliphatic heterocycles. The van der Waals surface area contributed by atoms with Gasteiger partial charge in [-0.05, 0) is 31.0 Å². The van der Waals surface area contributed by atoms with Crippen molar-refractivity contribution in [2.24, 2.45) is 0 Å². The fourth-order valence-electron chi connectivity index (χ4n) is 3.44. The van der Waals surface area contributed by atoms with Gasteiger partial charge in [-0.15, -0.1) is 0 Å². The van der Waals surface area contributed by atoms with Crippen molar-refractivity contribution in [2.45, 2.75) is 13.8 Å². The van der Waals surface area contributed by atoms with E-state index in [4.69, 9.17) is 0 Å². The topological polar surface area (TPSA) is 79.9 Å². The zero-order chi connectivity index (χ0) is 19.4. The van der Waals surface area contributed by atoms with E-state index in [0.717, 1.165) is 31.7 Å². The maximum absolute atomic E-state index is 12.4. The second kappa shape index (κ2) is 8.18. The van der Waals surface area contributed by atoms with Crippen LogP contribution in [0.5, 0.6) is 0 Å². The van der Waals surface area contributed by atoms with Crippen molar-refractivity contribution >= 4 is 23.0 Å². The number of rotatable bonds is 5. The standard InChI is InChI=1S/C20H24N4O3/c1-15-7-8-17(24(26)27)13-18(15)21-20(25)14-22-9-11-23(12-10-22)19-6-4-3-5-16(19)2/h3-8,13H,9-12,14H2,1-2H3,(H,21,25)/p+1. The van der Waals surface area contributed by atoms with E-state index < -0.39 is 4.92 Å². The van der Waals surface area contributed by atoms with Gasteiger partial charge in [0.2, 0.25) is 0 Å². The number of piperazine rings is 1. The van der Waals surface area contributed by atoms with Gasteiger partial charge in [0.1, 0.15) is 0 Å². The Morgan fingerprint density at radius 2 is 1.85 bits per heavy atom. The Morgan fingerprint density at radius 3 is 2.52 bits per heavy atom. The predicted octanol–water partition coefficient (Wildman–Crippen LogP) is 1.56. The number of nitro groups is 1. The van der Waals surface area contributed by atoms with Crippen LogP contribution >= 0.6 is 0 Å². The first-order chi connectivity index (χ1) is 12.9. The number of quaternary nitrogens is 1. The number of hydrogen-bond acceptors (Lipinski definition) is 4. The molecule has 0 unspecified atom stereocenters. The first-order valence-corrected chi connectivity index (χ1v) is 9.13. The lowest BCUT2D eigenvalue weighted by molar-refractivity contribution is -0.892. The molecular formula is C20H25N4O3+. The summed E-state index contributed by atoms with van der Waals surface area (Å²) in [6.45, 7) is 7.89. The Balaban J connectivity index is 1.55. The van der Waals surface area contributed by atoms with Crippen molar-refractivity contribution in [3.8, 4) is 0 Å². The number of carbonyl (C=O) groups excluding carboxylic acids is 1. The lowest BCUT2D eigenvalue weighted by Gasteiger charge is -2.34. The van der Waals surface area contributed by atoms with Crippen LogP contribution in [0.25, 0.3) is 0 Å². The Bertz CT molecular complexity index is 845. The van der Waals surface area contributed by atoms with E-state index in [0.29, 0.717) is 12.2 Å². The first-order valence-electron chi connectivity index (χ1n) is 9.13. The summed E-state index contributed by atoms with van der Waals surface area (Å²) < 4.78 is 0. The van der Waals surface area contributed by atoms with Crippen LogP contribution in [0.15, 0.2) is 42.5 Å². The molecule has 1 heterocycles. The van der Waals surface area contributed by atoms with E-state index in [2.05, 4.69) is 35.3 Å². The molecule has 2 aromatic carbocycles. The summed E-state index contributed by atoms with van der Waals surface area (Å²) >= 11 is 0. The number of anilines is 2. The molecule has 0 aromatic heterocycles. The molecule has 1 saturated heterocycles. The van der Waals surface area contributed by atoms with Gasteiger partial charge in [-0.1, -0.05) is 24.3 Å². The predicted molar refractivity (Wildman–Crippen MR) is 105 cm³/mol. The molecule has 142 valence electrons. The molecule has 0 radical (unpaired) electrons. The van der Waals surface area contributed by atoms with Crippen LogP contribution in [0.1, 0.15) is 11.1 Å². The van der Waals surface area contributed by atoms with Gasteiger partial charge in [-0.2, -0.15) is 0 Å². The third-order valence-electron chi connectivity index (χ3n) is 5.04. The zero-order valence-electron chi connectivity index (χ0n) is 15.7. The number of para-hydroxylation sites is 1. The van der Waals surface area contributed by atoms with Crippen LogP contribution in [0.2, 0.25) is 0 Å². The Labute approximate surface area is 158 Å². The molecule has 0 aliphatic carbocycles. The molecule has 0 bridgehead atoms. The molecule has 2 aromatic rings. The third-order valence-corrected chi connectivity index (χ3v) is 5.04. The van der Waals surface area contributed by atoms with E-state index in [-0.39, 0.29) is 11.6 Å². The van der Waals surface area contributed by atoms with Crippen molar-refractivity contribution in [3.05, 3.63) is 63.7 Å². The van der Waals surface area contributed by atoms with E-state index >= 15 is 0 Å². The molecule has 27 heavy (non-hydrogen) atoms. The largest absolute Gasteiger partial charge is 0.360 e. The average Bonchev–Trinajstić information content (AvgIpc) is 2.64. The minimum absolute atomic E-state index is 0.0184. The molecule has 2 N–H and O–H groups in total. The van der Waals surface area contributed by atoms with Crippen molar-refractivity contribution in [3.63, 3.8) is 0 Å². The van der Waals surface area contributed by atoms with Crippen LogP contribution in [-0.2, 0) is 4.79 Å². The van der Waals surface area contributed by atoms with Crippen molar-refractivity contribution in [1.82, 2.24) is 0 Å². The molecule has 1 fully saturated rings. The number of benzene rings is 2. The van der Waals surface area contributed by atoms with Crippen molar-refractivity contribution < 1.29 is 14.6 Å². The van der Waals surface area contributed by atoms with Gasteiger partial charge in [-0.25, -0.2) is 0 Å². The molecule has 1 aliphatic rings. The van der Waals surface area contributed by atoms with Gasteiger partial charge in [0.25, 0.3) is 11.6 Å². The number of hydrogen-bond donors (Lipinski definition) is 2. The van der Waals surface area contributed by atoms with Crippen LogP contribution in [0, 0.1) is 24.0 Å². The molecule has 0 spiro atoms. The normalized spacial score (nSPS) is 14.8. The summed E-state index contributed by atoms with van der Waals surface area (Å²) in [5.41, 5.74) is 3.82. The number of non-ortho nitro benzene ring substituents is 1. The fraction of sp³-hybridized carbons (Fsp3) is 0.350. The fourth-order valence-corrected chi connectivity index (χ4v) is 3.44. The summed E-state index contributed by atoms with van der Waals surface area (Å²) in [5, 5.41) is 13.7. The SMILES string of the molecule is Cc1ccc([N+](=O)[O-])cc1NC(=O)C[NH+]1CCN(c2ccccc2C)CC1. The average molecular weight is 369 g/mol. The Kier molecular flexibility index (Phi) is 5.71. The van der Waals surface area contributed by atoms with E-state index in [9.17, 15) is 14.9 Å². The Hall–Kier alpha value is -2.93. The number of nitrogens with zero attached hydrogens (tertiary/aromatic N) is 2. The van der Waals surface area contributed by atoms with Gasteiger partial charge >= 0.3 is 0 Å². The quantitative estimate of drug-likeness (QED) is 0.619. The number of carbonyl (C=O) groups is 1. The van der Waals surface area contributed by atoms with Gasteiger partial charge in [-0.3, -0.25) is 14.9 Å². The first kappa shape index (κ1) is 18.8. The summed E-state index contributed by atoms with van der Waals surface area (Å²) in [7, 11) is 0. The van der Waals surface area contributed by atoms with Gasteiger partial charge in [0, 0.05) is 17.8 Å². The van der Waals surface area contributed by atoms with E-state index in [1.54, 1.807) is 6.07 Å². The maximum Gasteiger partial charge on any atom is 0.279 e. The Morgan fingerprint density at radius 1 is 1.15 bits per heavy atom. The minimum Gasteiger partial charge on any atom is -0.360 e. The molecule has 7 heteroatoms. The third kappa shape index (κ3) is 4.62. The molecule has 7 nitrogen and oxygen atoms in total. The molecule has 1 amide bonds. The summed E-state index contributed by atoms with van der Waals surface area (Å²) in [6.07, 6.45) is 0. The van der Waals surface area contributed by atoms with E-state index in [1.165, 1.54) is 28.3 Å². The molecular weight excluding hydrogens is 344 g/mol. The highest BCUT2D eigenvalue weighted by atomic mass is 16.6. The van der Waals surface area contributed by atoms with Gasteiger partial charge < -0.3 is 15.1 Å². The number of amides is 1. The smallest absolute Gasteiger partial charge is 0.279 e. The van der Waals surface area contributed by atoms with Crippen LogP contribution in [-0.4, -0.2) is 43.6 Å². The molecule has 0 saturated carbocycles. The molecule has 0 atom stereocenters. The van der Waals surface area contributed by atoms with Gasteiger partial charge in [0.15, 0.2) is 6.54 Å². The van der Waals surface area contributed by atoms with Crippen molar-refractivity contribution in [1.29, 1.82) is 0 Å². The number of aryl methyl sites for hydroxylation is 2. The lowest BCUT2D eigenvalue weighted by atomic mass is 10.1. The van der Waals surface area contributed by atoms with E-state index in [1.807, 2.05) is 13.0 Å². The monoisotopic (exact) mass is 369 g/mol. The summed E-state index contributed by atoms with van der Waals surface area (Å²) in [6, 6.07) is 12.9. The summed E-state index contributed by atoms with van der Waals surface area (Å²) in [4.78, 5) is 26.5. The van der Waals surface area contributed by atoms with Crippen LogP contribution < -0.4 is 15.1 Å². The minimum atomic E-state index is -0.453. The second-order valence-corrected chi connectivity index (χ2v) is 7.00. The highest BCUT2D eigenvalue weighted by Crippen LogP contribution is 2.21. The van der Waals surface area contributed by atoms with Crippen LogP contribution in [0.4, 0.5) is 17.1 Å². The van der Waals surface area contributed by atoms with Crippen molar-refractivity contribution in [2.75, 3.05) is 42.9 Å². The second-order valence-electron chi connectivity index (χ2n) is 7.00. The highest BCUT2D eigenvalue weighted by Gasteiger charge is 2.23. The summed E-state index contributed by atoms with van der Waals surface area (Å²) in [5.74, 6) is -0.113. The maximum atomic E-state index is 12.4. The zero-order valence-corrected chi connectivity index (χ0v) is 15.7. The number of nitro benzene ring substituents is 1. The lowest BCUT2D eigenvalue weighted by Crippen LogP contribution is -3.15. The molecule has 3 rings (SSSR count).